The standard InChI is InChI=1S/C15H23NO2/c1-4-13-9-16-10-15(18-13)12-6-5-7-14(8-12)17-11(2)3/h5-8,11,13,15-16H,4,9-10H2,1-3H3. The monoisotopic (exact) mass is 249 g/mol. The Bertz CT molecular complexity index is 379. The lowest BCUT2D eigenvalue weighted by Crippen LogP contribution is -2.40. The number of nitrogens with one attached hydrogen (secondary N) is 1. The van der Waals surface area contributed by atoms with Gasteiger partial charge in [0.1, 0.15) is 5.75 Å². The van der Waals surface area contributed by atoms with Crippen molar-refractivity contribution in [2.45, 2.75) is 45.5 Å². The fourth-order valence-corrected chi connectivity index (χ4v) is 2.20. The van der Waals surface area contributed by atoms with Gasteiger partial charge in [0.15, 0.2) is 0 Å². The van der Waals surface area contributed by atoms with E-state index in [4.69, 9.17) is 9.47 Å². The van der Waals surface area contributed by atoms with Gasteiger partial charge in [0.2, 0.25) is 0 Å². The van der Waals surface area contributed by atoms with Crippen molar-refractivity contribution in [3.05, 3.63) is 29.8 Å². The molecule has 1 aromatic rings. The minimum absolute atomic E-state index is 0.138. The van der Waals surface area contributed by atoms with Crippen LogP contribution in [-0.4, -0.2) is 25.3 Å². The maximum Gasteiger partial charge on any atom is 0.120 e. The van der Waals surface area contributed by atoms with Crippen LogP contribution in [0.5, 0.6) is 5.75 Å². The molecule has 2 rings (SSSR count). The molecule has 100 valence electrons. The van der Waals surface area contributed by atoms with Gasteiger partial charge in [-0.1, -0.05) is 19.1 Å². The van der Waals surface area contributed by atoms with Crippen LogP contribution in [0.2, 0.25) is 0 Å². The molecule has 3 nitrogen and oxygen atoms in total. The lowest BCUT2D eigenvalue weighted by atomic mass is 10.1. The van der Waals surface area contributed by atoms with Gasteiger partial charge in [0.25, 0.3) is 0 Å². The summed E-state index contributed by atoms with van der Waals surface area (Å²) in [5, 5.41) is 3.43. The van der Waals surface area contributed by atoms with Gasteiger partial charge in [0.05, 0.1) is 18.3 Å². The molecule has 0 saturated carbocycles. The largest absolute Gasteiger partial charge is 0.491 e. The zero-order chi connectivity index (χ0) is 13.0. The molecule has 0 amide bonds. The van der Waals surface area contributed by atoms with Crippen LogP contribution in [0.1, 0.15) is 38.9 Å². The summed E-state index contributed by atoms with van der Waals surface area (Å²) in [6.07, 6.45) is 1.71. The van der Waals surface area contributed by atoms with Gasteiger partial charge in [-0.2, -0.15) is 0 Å². The number of benzene rings is 1. The van der Waals surface area contributed by atoms with Crippen molar-refractivity contribution < 1.29 is 9.47 Å². The Morgan fingerprint density at radius 1 is 1.39 bits per heavy atom. The van der Waals surface area contributed by atoms with Gasteiger partial charge < -0.3 is 14.8 Å². The van der Waals surface area contributed by atoms with Crippen LogP contribution in [0, 0.1) is 0 Å². The zero-order valence-corrected chi connectivity index (χ0v) is 11.5. The van der Waals surface area contributed by atoms with Crippen molar-refractivity contribution in [3.8, 4) is 5.75 Å². The third-order valence-corrected chi connectivity index (χ3v) is 3.12. The molecular weight excluding hydrogens is 226 g/mol. The molecule has 0 aliphatic carbocycles. The first-order chi connectivity index (χ1) is 8.69. The van der Waals surface area contributed by atoms with E-state index < -0.39 is 0 Å². The van der Waals surface area contributed by atoms with Crippen LogP contribution in [0.15, 0.2) is 24.3 Å². The van der Waals surface area contributed by atoms with E-state index in [0.29, 0.717) is 6.10 Å². The van der Waals surface area contributed by atoms with Crippen LogP contribution in [0.3, 0.4) is 0 Å². The fraction of sp³-hybridized carbons (Fsp3) is 0.600. The zero-order valence-electron chi connectivity index (χ0n) is 11.5. The normalized spacial score (nSPS) is 24.2. The molecule has 1 fully saturated rings. The van der Waals surface area contributed by atoms with Crippen molar-refractivity contribution >= 4 is 0 Å². The van der Waals surface area contributed by atoms with E-state index in [2.05, 4.69) is 24.4 Å². The maximum absolute atomic E-state index is 6.06. The first kappa shape index (κ1) is 13.4. The van der Waals surface area contributed by atoms with Crippen LogP contribution < -0.4 is 10.1 Å². The lowest BCUT2D eigenvalue weighted by Gasteiger charge is -2.30. The van der Waals surface area contributed by atoms with E-state index in [0.717, 1.165) is 25.3 Å². The predicted octanol–water partition coefficient (Wildman–Crippen LogP) is 2.91. The highest BCUT2D eigenvalue weighted by Gasteiger charge is 2.22. The van der Waals surface area contributed by atoms with Gasteiger partial charge in [-0.25, -0.2) is 0 Å². The molecule has 2 atom stereocenters. The van der Waals surface area contributed by atoms with Crippen LogP contribution in [0.4, 0.5) is 0 Å². The van der Waals surface area contributed by atoms with E-state index in [1.807, 2.05) is 26.0 Å². The molecule has 0 spiro atoms. The third kappa shape index (κ3) is 3.47. The number of hydrogen-bond donors (Lipinski definition) is 1. The Morgan fingerprint density at radius 3 is 2.94 bits per heavy atom. The lowest BCUT2D eigenvalue weighted by molar-refractivity contribution is -0.0400. The Hall–Kier alpha value is -1.06. The molecule has 3 heteroatoms. The number of rotatable bonds is 4. The van der Waals surface area contributed by atoms with Crippen molar-refractivity contribution in [1.29, 1.82) is 0 Å². The number of hydrogen-bond acceptors (Lipinski definition) is 3. The summed E-state index contributed by atoms with van der Waals surface area (Å²) in [6, 6.07) is 8.23. The topological polar surface area (TPSA) is 30.5 Å². The van der Waals surface area contributed by atoms with Crippen molar-refractivity contribution in [2.75, 3.05) is 13.1 Å². The maximum atomic E-state index is 6.06. The Balaban J connectivity index is 2.07. The van der Waals surface area contributed by atoms with Crippen LogP contribution in [0.25, 0.3) is 0 Å². The van der Waals surface area contributed by atoms with E-state index >= 15 is 0 Å². The van der Waals surface area contributed by atoms with Gasteiger partial charge in [-0.3, -0.25) is 0 Å². The molecule has 1 aromatic carbocycles. The molecule has 0 aromatic heterocycles. The first-order valence-electron chi connectivity index (χ1n) is 6.81. The smallest absolute Gasteiger partial charge is 0.120 e. The average Bonchev–Trinajstić information content (AvgIpc) is 2.38. The first-order valence-corrected chi connectivity index (χ1v) is 6.81. The summed E-state index contributed by atoms with van der Waals surface area (Å²) < 4.78 is 11.8. The van der Waals surface area contributed by atoms with Gasteiger partial charge in [-0.05, 0) is 38.0 Å². The summed E-state index contributed by atoms with van der Waals surface area (Å²) in [7, 11) is 0. The minimum Gasteiger partial charge on any atom is -0.491 e. The molecular formula is C15H23NO2. The van der Waals surface area contributed by atoms with Gasteiger partial charge in [0, 0.05) is 13.1 Å². The molecule has 1 saturated heterocycles. The third-order valence-electron chi connectivity index (χ3n) is 3.12. The van der Waals surface area contributed by atoms with E-state index in [1.54, 1.807) is 0 Å². The molecule has 18 heavy (non-hydrogen) atoms. The Morgan fingerprint density at radius 2 is 2.22 bits per heavy atom. The van der Waals surface area contributed by atoms with E-state index in [1.165, 1.54) is 5.56 Å². The molecule has 1 aliphatic heterocycles. The second-order valence-corrected chi connectivity index (χ2v) is 5.05. The van der Waals surface area contributed by atoms with Crippen molar-refractivity contribution in [2.24, 2.45) is 0 Å². The van der Waals surface area contributed by atoms with E-state index in [-0.39, 0.29) is 12.2 Å². The summed E-state index contributed by atoms with van der Waals surface area (Å²) in [5.74, 6) is 0.921. The molecule has 0 bridgehead atoms. The molecule has 1 heterocycles. The highest BCUT2D eigenvalue weighted by Crippen LogP contribution is 2.25. The van der Waals surface area contributed by atoms with Gasteiger partial charge >= 0.3 is 0 Å². The minimum atomic E-state index is 0.138. The molecule has 1 N–H and O–H groups in total. The SMILES string of the molecule is CCC1CNCC(c2cccc(OC(C)C)c2)O1. The second kappa shape index (κ2) is 6.21. The molecule has 0 radical (unpaired) electrons. The summed E-state index contributed by atoms with van der Waals surface area (Å²) in [5.41, 5.74) is 1.19. The summed E-state index contributed by atoms with van der Waals surface area (Å²) >= 11 is 0. The highest BCUT2D eigenvalue weighted by molar-refractivity contribution is 5.30. The van der Waals surface area contributed by atoms with E-state index in [9.17, 15) is 0 Å². The number of morpholine rings is 1. The van der Waals surface area contributed by atoms with Crippen molar-refractivity contribution in [1.82, 2.24) is 5.32 Å². The van der Waals surface area contributed by atoms with Crippen LogP contribution >= 0.6 is 0 Å². The van der Waals surface area contributed by atoms with Crippen LogP contribution in [-0.2, 0) is 4.74 Å². The summed E-state index contributed by atoms with van der Waals surface area (Å²) in [4.78, 5) is 0. The molecule has 2 unspecified atom stereocenters. The predicted molar refractivity (Wildman–Crippen MR) is 73.0 cm³/mol. The van der Waals surface area contributed by atoms with Gasteiger partial charge in [-0.15, -0.1) is 0 Å². The Kier molecular flexibility index (Phi) is 4.61. The Labute approximate surface area is 109 Å². The second-order valence-electron chi connectivity index (χ2n) is 5.05. The number of ether oxygens (including phenoxy) is 2. The summed E-state index contributed by atoms with van der Waals surface area (Å²) in [6.45, 7) is 8.07. The van der Waals surface area contributed by atoms with Crippen molar-refractivity contribution in [3.63, 3.8) is 0 Å². The average molecular weight is 249 g/mol. The highest BCUT2D eigenvalue weighted by atomic mass is 16.5. The fourth-order valence-electron chi connectivity index (χ4n) is 2.20. The molecule has 1 aliphatic rings. The quantitative estimate of drug-likeness (QED) is 0.890.